The average Bonchev–Trinajstić information content (AvgIpc) is 2.94. The van der Waals surface area contributed by atoms with Crippen molar-refractivity contribution in [1.29, 1.82) is 0 Å². The predicted molar refractivity (Wildman–Crippen MR) is 102 cm³/mol. The molecule has 3 aromatic carbocycles. The smallest absolute Gasteiger partial charge is 0.255 e. The lowest BCUT2D eigenvalue weighted by atomic mass is 9.98. The number of fused-ring (bicyclic) bond motifs is 1. The van der Waals surface area contributed by atoms with Gasteiger partial charge >= 0.3 is 0 Å². The number of primary sulfonamides is 1. The Kier molecular flexibility index (Phi) is 4.30. The zero-order chi connectivity index (χ0) is 19.0. The second-order valence-electron chi connectivity index (χ2n) is 6.52. The van der Waals surface area contributed by atoms with Crippen LogP contribution in [0.3, 0.4) is 0 Å². The van der Waals surface area contributed by atoms with E-state index in [1.807, 2.05) is 59.5 Å². The molecular weight excluding hydrogens is 360 g/mol. The van der Waals surface area contributed by atoms with Crippen LogP contribution in [0.1, 0.15) is 33.1 Å². The van der Waals surface area contributed by atoms with Crippen LogP contribution in [0.25, 0.3) is 0 Å². The van der Waals surface area contributed by atoms with E-state index in [1.54, 1.807) is 12.1 Å². The lowest BCUT2D eigenvalue weighted by molar-refractivity contribution is 0.0736. The second kappa shape index (κ2) is 6.64. The summed E-state index contributed by atoms with van der Waals surface area (Å²) in [6.07, 6.45) is 0. The summed E-state index contributed by atoms with van der Waals surface area (Å²) in [6, 6.07) is 23.7. The number of carbonyl (C=O) groups is 1. The Balaban J connectivity index is 1.72. The predicted octanol–water partition coefficient (Wildman–Crippen LogP) is 3.08. The lowest BCUT2D eigenvalue weighted by Gasteiger charge is -2.26. The van der Waals surface area contributed by atoms with Gasteiger partial charge in [-0.05, 0) is 34.9 Å². The first kappa shape index (κ1) is 17.5. The molecule has 6 heteroatoms. The van der Waals surface area contributed by atoms with E-state index >= 15 is 0 Å². The summed E-state index contributed by atoms with van der Waals surface area (Å²) in [4.78, 5) is 14.9. The van der Waals surface area contributed by atoms with Crippen molar-refractivity contribution in [2.24, 2.45) is 5.14 Å². The van der Waals surface area contributed by atoms with Crippen molar-refractivity contribution < 1.29 is 13.2 Å². The molecule has 0 saturated heterocycles. The molecule has 4 rings (SSSR count). The molecule has 1 heterocycles. The van der Waals surface area contributed by atoms with E-state index in [2.05, 4.69) is 0 Å². The van der Waals surface area contributed by atoms with Crippen molar-refractivity contribution in [3.05, 3.63) is 101 Å². The molecule has 0 aliphatic carbocycles. The van der Waals surface area contributed by atoms with Crippen LogP contribution in [0.5, 0.6) is 0 Å². The second-order valence-corrected chi connectivity index (χ2v) is 8.08. The van der Waals surface area contributed by atoms with E-state index in [-0.39, 0.29) is 16.8 Å². The normalized spacial score (nSPS) is 16.4. The Hall–Kier alpha value is -2.96. The fraction of sp³-hybridized carbons (Fsp3) is 0.0952. The summed E-state index contributed by atoms with van der Waals surface area (Å²) < 4.78 is 22.9. The van der Waals surface area contributed by atoms with Crippen LogP contribution in [0, 0.1) is 0 Å². The van der Waals surface area contributed by atoms with Crippen LogP contribution in [0.2, 0.25) is 0 Å². The van der Waals surface area contributed by atoms with Gasteiger partial charge in [-0.1, -0.05) is 60.7 Å². The third-order valence-corrected chi connectivity index (χ3v) is 5.71. The molecule has 1 aliphatic heterocycles. The first-order chi connectivity index (χ1) is 12.9. The highest BCUT2D eigenvalue weighted by atomic mass is 32.2. The van der Waals surface area contributed by atoms with Gasteiger partial charge in [-0.25, -0.2) is 13.6 Å². The molecule has 0 radical (unpaired) electrons. The van der Waals surface area contributed by atoms with Crippen molar-refractivity contribution in [3.63, 3.8) is 0 Å². The average molecular weight is 378 g/mol. The molecule has 1 atom stereocenters. The minimum absolute atomic E-state index is 0.0324. The number of sulfonamides is 1. The van der Waals surface area contributed by atoms with Gasteiger partial charge < -0.3 is 4.90 Å². The molecule has 0 fully saturated rings. The van der Waals surface area contributed by atoms with Crippen LogP contribution in [0.4, 0.5) is 0 Å². The maximum Gasteiger partial charge on any atom is 0.255 e. The number of carbonyl (C=O) groups excluding carboxylic acids is 1. The molecule has 1 unspecified atom stereocenters. The van der Waals surface area contributed by atoms with Gasteiger partial charge in [-0.15, -0.1) is 0 Å². The lowest BCUT2D eigenvalue weighted by Crippen LogP contribution is -2.28. The highest BCUT2D eigenvalue weighted by Crippen LogP contribution is 2.39. The summed E-state index contributed by atoms with van der Waals surface area (Å²) in [6.45, 7) is 0.373. The van der Waals surface area contributed by atoms with E-state index in [9.17, 15) is 13.2 Å². The van der Waals surface area contributed by atoms with E-state index in [0.717, 1.165) is 16.7 Å². The van der Waals surface area contributed by atoms with Crippen LogP contribution < -0.4 is 5.14 Å². The third-order valence-electron chi connectivity index (χ3n) is 4.78. The number of rotatable bonds is 4. The highest BCUT2D eigenvalue weighted by Gasteiger charge is 2.37. The molecule has 3 aromatic rings. The molecule has 136 valence electrons. The maximum atomic E-state index is 13.0. The van der Waals surface area contributed by atoms with E-state index in [1.165, 1.54) is 12.1 Å². The number of hydrogen-bond acceptors (Lipinski definition) is 3. The van der Waals surface area contributed by atoms with Gasteiger partial charge in [0.05, 0.1) is 10.9 Å². The summed E-state index contributed by atoms with van der Waals surface area (Å²) in [5.41, 5.74) is 3.56. The summed E-state index contributed by atoms with van der Waals surface area (Å²) in [7, 11) is -3.74. The molecule has 1 amide bonds. The fourth-order valence-corrected chi connectivity index (χ4v) is 4.02. The van der Waals surface area contributed by atoms with E-state index in [0.29, 0.717) is 12.1 Å². The van der Waals surface area contributed by atoms with Crippen molar-refractivity contribution in [2.45, 2.75) is 17.5 Å². The SMILES string of the molecule is NS(=O)(=O)c1ccc(CN2C(=O)c3ccccc3C2c2ccccc2)cc1. The Bertz CT molecular complexity index is 1090. The van der Waals surface area contributed by atoms with Gasteiger partial charge in [0.15, 0.2) is 0 Å². The van der Waals surface area contributed by atoms with Crippen LogP contribution in [-0.2, 0) is 16.6 Å². The zero-order valence-corrected chi connectivity index (χ0v) is 15.3. The number of nitrogens with two attached hydrogens (primary N) is 1. The Labute approximate surface area is 158 Å². The quantitative estimate of drug-likeness (QED) is 0.758. The Morgan fingerprint density at radius 2 is 1.48 bits per heavy atom. The first-order valence-corrected chi connectivity index (χ1v) is 10.1. The minimum atomic E-state index is -3.74. The topological polar surface area (TPSA) is 80.5 Å². The van der Waals surface area contributed by atoms with Gasteiger partial charge in [-0.2, -0.15) is 0 Å². The standard InChI is InChI=1S/C21H18N2O3S/c22-27(25,26)17-12-10-15(11-13-17)14-23-20(16-6-2-1-3-7-16)18-8-4-5-9-19(18)21(23)24/h1-13,20H,14H2,(H2,22,25,26). The van der Waals surface area contributed by atoms with Crippen molar-refractivity contribution in [3.8, 4) is 0 Å². The summed E-state index contributed by atoms with van der Waals surface area (Å²) >= 11 is 0. The van der Waals surface area contributed by atoms with E-state index < -0.39 is 10.0 Å². The van der Waals surface area contributed by atoms with Crippen LogP contribution >= 0.6 is 0 Å². The van der Waals surface area contributed by atoms with Gasteiger partial charge in [0.1, 0.15) is 0 Å². The molecule has 0 saturated carbocycles. The molecule has 0 aromatic heterocycles. The summed E-state index contributed by atoms with van der Waals surface area (Å²) in [5.74, 6) is -0.0324. The van der Waals surface area contributed by atoms with Gasteiger partial charge in [0, 0.05) is 12.1 Å². The van der Waals surface area contributed by atoms with Crippen molar-refractivity contribution >= 4 is 15.9 Å². The number of nitrogens with zero attached hydrogens (tertiary/aromatic N) is 1. The maximum absolute atomic E-state index is 13.0. The largest absolute Gasteiger partial charge is 0.323 e. The molecule has 1 aliphatic rings. The van der Waals surface area contributed by atoms with Crippen molar-refractivity contribution in [1.82, 2.24) is 4.90 Å². The number of hydrogen-bond donors (Lipinski definition) is 1. The summed E-state index contributed by atoms with van der Waals surface area (Å²) in [5, 5.41) is 5.16. The van der Waals surface area contributed by atoms with Gasteiger partial charge in [-0.3, -0.25) is 4.79 Å². The molecule has 0 spiro atoms. The van der Waals surface area contributed by atoms with Crippen molar-refractivity contribution in [2.75, 3.05) is 0 Å². The molecule has 27 heavy (non-hydrogen) atoms. The Morgan fingerprint density at radius 1 is 0.852 bits per heavy atom. The first-order valence-electron chi connectivity index (χ1n) is 8.52. The third kappa shape index (κ3) is 3.25. The zero-order valence-electron chi connectivity index (χ0n) is 14.4. The van der Waals surface area contributed by atoms with Crippen LogP contribution in [0.15, 0.2) is 83.8 Å². The van der Waals surface area contributed by atoms with Gasteiger partial charge in [0.25, 0.3) is 5.91 Å². The highest BCUT2D eigenvalue weighted by molar-refractivity contribution is 7.89. The number of benzene rings is 3. The fourth-order valence-electron chi connectivity index (χ4n) is 3.51. The molecular formula is C21H18N2O3S. The number of amides is 1. The van der Waals surface area contributed by atoms with Crippen LogP contribution in [-0.4, -0.2) is 19.2 Å². The Morgan fingerprint density at radius 3 is 2.15 bits per heavy atom. The molecule has 5 nitrogen and oxygen atoms in total. The van der Waals surface area contributed by atoms with E-state index in [4.69, 9.17) is 5.14 Å². The van der Waals surface area contributed by atoms with Gasteiger partial charge in [0.2, 0.25) is 10.0 Å². The molecule has 0 bridgehead atoms. The minimum Gasteiger partial charge on any atom is -0.323 e. The molecule has 2 N–H and O–H groups in total. The monoisotopic (exact) mass is 378 g/mol.